The summed E-state index contributed by atoms with van der Waals surface area (Å²) in [4.78, 5) is 12.2. The van der Waals surface area contributed by atoms with Crippen molar-refractivity contribution in [3.8, 4) is 5.75 Å². The van der Waals surface area contributed by atoms with Gasteiger partial charge in [-0.15, -0.1) is 0 Å². The molecule has 0 saturated carbocycles. The average molecular weight is 452 g/mol. The third-order valence-corrected chi connectivity index (χ3v) is 4.63. The van der Waals surface area contributed by atoms with Gasteiger partial charge in [0.1, 0.15) is 5.75 Å². The first kappa shape index (κ1) is 20.7. The van der Waals surface area contributed by atoms with E-state index in [0.29, 0.717) is 17.3 Å². The number of benzene rings is 3. The van der Waals surface area contributed by atoms with E-state index in [-0.39, 0.29) is 12.5 Å². The molecule has 0 bridgehead atoms. The van der Waals surface area contributed by atoms with Gasteiger partial charge in [0.15, 0.2) is 6.61 Å². The Labute approximate surface area is 179 Å². The molecule has 1 amide bonds. The van der Waals surface area contributed by atoms with Crippen LogP contribution in [0.5, 0.6) is 5.75 Å². The average Bonchev–Trinajstić information content (AvgIpc) is 2.73. The van der Waals surface area contributed by atoms with Gasteiger partial charge in [0.2, 0.25) is 0 Å². The van der Waals surface area contributed by atoms with Crippen LogP contribution >= 0.6 is 15.9 Å². The van der Waals surface area contributed by atoms with E-state index in [1.807, 2.05) is 48.5 Å². The second-order valence-electron chi connectivity index (χ2n) is 6.76. The predicted octanol–water partition coefficient (Wildman–Crippen LogP) is 7.01. The summed E-state index contributed by atoms with van der Waals surface area (Å²) in [5.74, 6) is 0.791. The largest absolute Gasteiger partial charge is 0.483 e. The van der Waals surface area contributed by atoms with Crippen LogP contribution in [0.3, 0.4) is 0 Å². The molecule has 0 radical (unpaired) electrons. The molecule has 0 atom stereocenters. The van der Waals surface area contributed by atoms with Gasteiger partial charge in [0.25, 0.3) is 5.91 Å². The van der Waals surface area contributed by atoms with Gasteiger partial charge in [-0.25, -0.2) is 0 Å². The van der Waals surface area contributed by atoms with Crippen LogP contribution in [0, 0.1) is 0 Å². The molecular formula is C23H22BrN3O2. The number of amides is 1. The molecule has 5 nitrogen and oxygen atoms in total. The Kier molecular flexibility index (Phi) is 7.14. The SMILES string of the molecule is CC(C)c1cc(Br)ccc1OCC(=O)Nc1ccc(N=Nc2ccccc2)cc1. The lowest BCUT2D eigenvalue weighted by atomic mass is 10.0. The van der Waals surface area contributed by atoms with E-state index in [4.69, 9.17) is 4.74 Å². The van der Waals surface area contributed by atoms with E-state index in [2.05, 4.69) is 45.3 Å². The van der Waals surface area contributed by atoms with E-state index < -0.39 is 0 Å². The fraction of sp³-hybridized carbons (Fsp3) is 0.174. The lowest BCUT2D eigenvalue weighted by Crippen LogP contribution is -2.20. The van der Waals surface area contributed by atoms with Crippen LogP contribution < -0.4 is 10.1 Å². The minimum atomic E-state index is -0.221. The van der Waals surface area contributed by atoms with Crippen molar-refractivity contribution in [3.63, 3.8) is 0 Å². The van der Waals surface area contributed by atoms with Gasteiger partial charge < -0.3 is 10.1 Å². The Morgan fingerprint density at radius 1 is 0.966 bits per heavy atom. The maximum atomic E-state index is 12.2. The van der Waals surface area contributed by atoms with Crippen molar-refractivity contribution in [2.75, 3.05) is 11.9 Å². The standard InChI is InChI=1S/C23H22BrN3O2/c1-16(2)21-14-17(24)8-13-22(21)29-15-23(28)25-18-9-11-20(12-10-18)27-26-19-6-4-3-5-7-19/h3-14,16H,15H2,1-2H3,(H,25,28). The molecule has 3 rings (SSSR count). The normalized spacial score (nSPS) is 11.0. The van der Waals surface area contributed by atoms with Crippen LogP contribution in [0.1, 0.15) is 25.3 Å². The number of azo groups is 1. The van der Waals surface area contributed by atoms with Crippen molar-refractivity contribution < 1.29 is 9.53 Å². The molecule has 0 aliphatic rings. The van der Waals surface area contributed by atoms with Crippen LogP contribution in [0.4, 0.5) is 17.1 Å². The highest BCUT2D eigenvalue weighted by Crippen LogP contribution is 2.29. The van der Waals surface area contributed by atoms with Crippen molar-refractivity contribution in [1.29, 1.82) is 0 Å². The molecule has 0 heterocycles. The van der Waals surface area contributed by atoms with Crippen molar-refractivity contribution in [2.45, 2.75) is 19.8 Å². The van der Waals surface area contributed by atoms with E-state index in [0.717, 1.165) is 21.5 Å². The number of carbonyl (C=O) groups excluding carboxylic acids is 1. The van der Waals surface area contributed by atoms with Gasteiger partial charge in [-0.05, 0) is 66.1 Å². The molecular weight excluding hydrogens is 430 g/mol. The molecule has 29 heavy (non-hydrogen) atoms. The van der Waals surface area contributed by atoms with Gasteiger partial charge in [-0.3, -0.25) is 4.79 Å². The molecule has 0 aromatic heterocycles. The lowest BCUT2D eigenvalue weighted by Gasteiger charge is -2.14. The Morgan fingerprint density at radius 2 is 1.62 bits per heavy atom. The molecule has 3 aromatic rings. The lowest BCUT2D eigenvalue weighted by molar-refractivity contribution is -0.118. The van der Waals surface area contributed by atoms with Crippen molar-refractivity contribution >= 4 is 38.9 Å². The van der Waals surface area contributed by atoms with E-state index in [9.17, 15) is 4.79 Å². The van der Waals surface area contributed by atoms with Crippen LogP contribution in [-0.2, 0) is 4.79 Å². The molecule has 0 saturated heterocycles. The first-order valence-electron chi connectivity index (χ1n) is 9.30. The van der Waals surface area contributed by atoms with E-state index in [1.165, 1.54) is 0 Å². The van der Waals surface area contributed by atoms with Gasteiger partial charge in [0, 0.05) is 10.2 Å². The predicted molar refractivity (Wildman–Crippen MR) is 119 cm³/mol. The first-order chi connectivity index (χ1) is 14.0. The second kappa shape index (κ2) is 9.98. The third kappa shape index (κ3) is 6.26. The van der Waals surface area contributed by atoms with Gasteiger partial charge in [-0.2, -0.15) is 10.2 Å². The van der Waals surface area contributed by atoms with Crippen LogP contribution in [-0.4, -0.2) is 12.5 Å². The number of halogens is 1. The number of ether oxygens (including phenoxy) is 1. The highest BCUT2D eigenvalue weighted by molar-refractivity contribution is 9.10. The summed E-state index contributed by atoms with van der Waals surface area (Å²) in [6, 6.07) is 22.5. The number of anilines is 1. The molecule has 3 aromatic carbocycles. The zero-order chi connectivity index (χ0) is 20.6. The summed E-state index contributed by atoms with van der Waals surface area (Å²) in [6.07, 6.45) is 0. The fourth-order valence-electron chi connectivity index (χ4n) is 2.66. The topological polar surface area (TPSA) is 63.0 Å². The van der Waals surface area contributed by atoms with Crippen LogP contribution in [0.15, 0.2) is 87.5 Å². The Morgan fingerprint density at radius 3 is 2.28 bits per heavy atom. The van der Waals surface area contributed by atoms with Crippen molar-refractivity contribution in [3.05, 3.63) is 82.8 Å². The Balaban J connectivity index is 1.55. The summed E-state index contributed by atoms with van der Waals surface area (Å²) in [5, 5.41) is 11.2. The van der Waals surface area contributed by atoms with Gasteiger partial charge in [0.05, 0.1) is 11.4 Å². The monoisotopic (exact) mass is 451 g/mol. The van der Waals surface area contributed by atoms with Crippen molar-refractivity contribution in [2.24, 2.45) is 10.2 Å². The number of hydrogen-bond donors (Lipinski definition) is 1. The summed E-state index contributed by atoms with van der Waals surface area (Å²) >= 11 is 3.47. The van der Waals surface area contributed by atoms with E-state index >= 15 is 0 Å². The number of nitrogens with zero attached hydrogens (tertiary/aromatic N) is 2. The Hall–Kier alpha value is -2.99. The highest BCUT2D eigenvalue weighted by atomic mass is 79.9. The maximum Gasteiger partial charge on any atom is 0.262 e. The Bertz CT molecular complexity index is 987. The molecule has 1 N–H and O–H groups in total. The number of hydrogen-bond acceptors (Lipinski definition) is 4. The number of nitrogens with one attached hydrogen (secondary N) is 1. The summed E-state index contributed by atoms with van der Waals surface area (Å²) in [7, 11) is 0. The molecule has 0 aliphatic carbocycles. The quantitative estimate of drug-likeness (QED) is 0.392. The zero-order valence-corrected chi connectivity index (χ0v) is 17.9. The van der Waals surface area contributed by atoms with Crippen molar-refractivity contribution in [1.82, 2.24) is 0 Å². The molecule has 0 aliphatic heterocycles. The van der Waals surface area contributed by atoms with E-state index in [1.54, 1.807) is 24.3 Å². The van der Waals surface area contributed by atoms with Crippen LogP contribution in [0.25, 0.3) is 0 Å². The number of rotatable bonds is 7. The molecule has 148 valence electrons. The summed E-state index contributed by atoms with van der Waals surface area (Å²) < 4.78 is 6.72. The minimum absolute atomic E-state index is 0.0587. The second-order valence-corrected chi connectivity index (χ2v) is 7.67. The zero-order valence-electron chi connectivity index (χ0n) is 16.3. The highest BCUT2D eigenvalue weighted by Gasteiger charge is 2.11. The summed E-state index contributed by atoms with van der Waals surface area (Å²) in [6.45, 7) is 4.12. The molecule has 0 spiro atoms. The van der Waals surface area contributed by atoms with Crippen LogP contribution in [0.2, 0.25) is 0 Å². The smallest absolute Gasteiger partial charge is 0.262 e. The molecule has 0 fully saturated rings. The first-order valence-corrected chi connectivity index (χ1v) is 10.1. The summed E-state index contributed by atoms with van der Waals surface area (Å²) in [5.41, 5.74) is 3.23. The fourth-order valence-corrected chi connectivity index (χ4v) is 3.04. The van der Waals surface area contributed by atoms with Gasteiger partial charge in [-0.1, -0.05) is 48.0 Å². The number of carbonyl (C=O) groups is 1. The minimum Gasteiger partial charge on any atom is -0.483 e. The third-order valence-electron chi connectivity index (χ3n) is 4.14. The molecule has 6 heteroatoms. The molecule has 0 unspecified atom stereocenters. The maximum absolute atomic E-state index is 12.2. The van der Waals surface area contributed by atoms with Gasteiger partial charge >= 0.3 is 0 Å².